The Labute approximate surface area is 117 Å². The molecule has 2 rings (SSSR count). The number of thiazole rings is 1. The second-order valence-electron chi connectivity index (χ2n) is 5.07. The third kappa shape index (κ3) is 2.90. The van der Waals surface area contributed by atoms with Crippen LogP contribution in [0, 0.1) is 13.8 Å². The van der Waals surface area contributed by atoms with E-state index in [2.05, 4.69) is 0 Å². The lowest BCUT2D eigenvalue weighted by Crippen LogP contribution is -2.49. The van der Waals surface area contributed by atoms with E-state index in [1.54, 1.807) is 4.57 Å². The van der Waals surface area contributed by atoms with E-state index >= 15 is 0 Å². The van der Waals surface area contributed by atoms with Crippen molar-refractivity contribution in [2.24, 2.45) is 5.73 Å². The van der Waals surface area contributed by atoms with Crippen molar-refractivity contribution in [3.63, 3.8) is 0 Å². The average molecular weight is 283 g/mol. The molecule has 1 unspecified atom stereocenters. The molecular formula is C13H21N3O2S. The van der Waals surface area contributed by atoms with E-state index < -0.39 is 0 Å². The van der Waals surface area contributed by atoms with E-state index in [0.717, 1.165) is 36.4 Å². The van der Waals surface area contributed by atoms with Crippen molar-refractivity contribution in [1.82, 2.24) is 9.47 Å². The Hall–Kier alpha value is -1.14. The number of likely N-dealkylation sites (tertiary alicyclic amines) is 1. The number of hydrogen-bond acceptors (Lipinski definition) is 4. The van der Waals surface area contributed by atoms with Crippen molar-refractivity contribution in [2.75, 3.05) is 13.1 Å². The summed E-state index contributed by atoms with van der Waals surface area (Å²) in [5, 5.41) is 0. The van der Waals surface area contributed by atoms with Gasteiger partial charge < -0.3 is 10.6 Å². The number of aryl methyl sites for hydroxylation is 1. The highest BCUT2D eigenvalue weighted by molar-refractivity contribution is 7.09. The fourth-order valence-electron chi connectivity index (χ4n) is 2.57. The highest BCUT2D eigenvalue weighted by Gasteiger charge is 2.26. The van der Waals surface area contributed by atoms with Crippen LogP contribution in [0.15, 0.2) is 4.79 Å². The van der Waals surface area contributed by atoms with Gasteiger partial charge in [0.2, 0.25) is 5.91 Å². The molecule has 5 nitrogen and oxygen atoms in total. The van der Waals surface area contributed by atoms with Gasteiger partial charge in [-0.1, -0.05) is 11.3 Å². The van der Waals surface area contributed by atoms with Crippen LogP contribution in [-0.4, -0.2) is 34.5 Å². The zero-order chi connectivity index (χ0) is 14.0. The number of hydrogen-bond donors (Lipinski definition) is 1. The number of piperidine rings is 1. The van der Waals surface area contributed by atoms with Gasteiger partial charge in [-0.15, -0.1) is 0 Å². The summed E-state index contributed by atoms with van der Waals surface area (Å²) in [5.41, 5.74) is 6.62. The first-order valence-corrected chi connectivity index (χ1v) is 7.52. The molecule has 1 atom stereocenters. The second kappa shape index (κ2) is 5.88. The smallest absolute Gasteiger partial charge is 0.308 e. The Balaban J connectivity index is 2.14. The summed E-state index contributed by atoms with van der Waals surface area (Å²) in [6, 6.07) is 0.136. The lowest BCUT2D eigenvalue weighted by Gasteiger charge is -2.35. The third-order valence-corrected chi connectivity index (χ3v) is 4.88. The van der Waals surface area contributed by atoms with Gasteiger partial charge in [0.15, 0.2) is 0 Å². The lowest BCUT2D eigenvalue weighted by atomic mass is 10.0. The molecule has 1 aromatic rings. The quantitative estimate of drug-likeness (QED) is 0.895. The van der Waals surface area contributed by atoms with Crippen LogP contribution in [0.25, 0.3) is 0 Å². The van der Waals surface area contributed by atoms with Crippen LogP contribution >= 0.6 is 11.3 Å². The molecule has 1 saturated heterocycles. The van der Waals surface area contributed by atoms with E-state index in [1.165, 1.54) is 11.3 Å². The maximum absolute atomic E-state index is 12.4. The summed E-state index contributed by atoms with van der Waals surface area (Å²) in [5.74, 6) is 0.0122. The van der Waals surface area contributed by atoms with Gasteiger partial charge >= 0.3 is 4.87 Å². The van der Waals surface area contributed by atoms with Crippen LogP contribution in [-0.2, 0) is 11.3 Å². The minimum Gasteiger partial charge on any atom is -0.337 e. The van der Waals surface area contributed by atoms with Crippen LogP contribution in [0.5, 0.6) is 0 Å². The number of amides is 1. The van der Waals surface area contributed by atoms with Crippen LogP contribution in [0.2, 0.25) is 0 Å². The molecule has 1 aromatic heterocycles. The Morgan fingerprint density at radius 1 is 1.42 bits per heavy atom. The van der Waals surface area contributed by atoms with Gasteiger partial charge in [-0.05, 0) is 33.1 Å². The zero-order valence-electron chi connectivity index (χ0n) is 11.5. The normalized spacial score (nSPS) is 19.7. The molecule has 0 radical (unpaired) electrons. The number of rotatable bonds is 3. The van der Waals surface area contributed by atoms with E-state index in [0.29, 0.717) is 6.54 Å². The first-order chi connectivity index (χ1) is 9.04. The van der Waals surface area contributed by atoms with Crippen molar-refractivity contribution >= 4 is 17.2 Å². The molecule has 0 aromatic carbocycles. The Kier molecular flexibility index (Phi) is 4.42. The summed E-state index contributed by atoms with van der Waals surface area (Å²) < 4.78 is 1.57. The van der Waals surface area contributed by atoms with Gasteiger partial charge in [-0.25, -0.2) is 0 Å². The van der Waals surface area contributed by atoms with Gasteiger partial charge in [0.1, 0.15) is 6.54 Å². The number of carbonyl (C=O) groups is 1. The van der Waals surface area contributed by atoms with Gasteiger partial charge in [0.25, 0.3) is 0 Å². The fourth-order valence-corrected chi connectivity index (χ4v) is 3.40. The molecule has 19 heavy (non-hydrogen) atoms. The highest BCUT2D eigenvalue weighted by atomic mass is 32.1. The molecule has 1 aliphatic heterocycles. The largest absolute Gasteiger partial charge is 0.337 e. The monoisotopic (exact) mass is 283 g/mol. The standard InChI is InChI=1S/C13H21N3O2S/c1-9-10(2)19-13(18)16(9)8-12(17)15-6-4-3-5-11(15)7-14/h11H,3-8,14H2,1-2H3. The summed E-state index contributed by atoms with van der Waals surface area (Å²) in [4.78, 5) is 27.0. The topological polar surface area (TPSA) is 68.3 Å². The number of nitrogens with zero attached hydrogens (tertiary/aromatic N) is 2. The van der Waals surface area contributed by atoms with Crippen LogP contribution < -0.4 is 10.6 Å². The Morgan fingerprint density at radius 3 is 2.74 bits per heavy atom. The van der Waals surface area contributed by atoms with Gasteiger partial charge in [-0.3, -0.25) is 14.2 Å². The van der Waals surface area contributed by atoms with Crippen molar-refractivity contribution in [2.45, 2.75) is 45.7 Å². The summed E-state index contributed by atoms with van der Waals surface area (Å²) in [6.07, 6.45) is 3.12. The molecule has 2 heterocycles. The Morgan fingerprint density at radius 2 is 2.16 bits per heavy atom. The number of aromatic nitrogens is 1. The van der Waals surface area contributed by atoms with Crippen molar-refractivity contribution in [3.05, 3.63) is 20.2 Å². The SMILES string of the molecule is Cc1sc(=O)n(CC(=O)N2CCCCC2CN)c1C. The summed E-state index contributed by atoms with van der Waals surface area (Å²) in [7, 11) is 0. The van der Waals surface area contributed by atoms with Gasteiger partial charge in [0.05, 0.1) is 0 Å². The Bertz CT molecular complexity index is 520. The molecule has 1 fully saturated rings. The van der Waals surface area contributed by atoms with Crippen LogP contribution in [0.4, 0.5) is 0 Å². The fraction of sp³-hybridized carbons (Fsp3) is 0.692. The molecule has 0 aliphatic carbocycles. The number of nitrogens with two attached hydrogens (primary N) is 1. The molecule has 2 N–H and O–H groups in total. The molecule has 0 saturated carbocycles. The third-order valence-electron chi connectivity index (χ3n) is 3.89. The maximum atomic E-state index is 12.4. The minimum atomic E-state index is -0.0512. The van der Waals surface area contributed by atoms with E-state index in [1.807, 2.05) is 18.7 Å². The predicted octanol–water partition coefficient (Wildman–Crippen LogP) is 0.866. The first kappa shape index (κ1) is 14.3. The van der Waals surface area contributed by atoms with Crippen molar-refractivity contribution in [3.8, 4) is 0 Å². The maximum Gasteiger partial charge on any atom is 0.308 e. The second-order valence-corrected chi connectivity index (χ2v) is 6.23. The zero-order valence-corrected chi connectivity index (χ0v) is 12.3. The average Bonchev–Trinajstić information content (AvgIpc) is 2.65. The van der Waals surface area contributed by atoms with Gasteiger partial charge in [-0.2, -0.15) is 0 Å². The van der Waals surface area contributed by atoms with E-state index in [9.17, 15) is 9.59 Å². The first-order valence-electron chi connectivity index (χ1n) is 6.71. The minimum absolute atomic E-state index is 0.0122. The van der Waals surface area contributed by atoms with E-state index in [4.69, 9.17) is 5.73 Å². The summed E-state index contributed by atoms with van der Waals surface area (Å²) in [6.45, 7) is 5.20. The highest BCUT2D eigenvalue weighted by Crippen LogP contribution is 2.17. The molecule has 106 valence electrons. The van der Waals surface area contributed by atoms with Gasteiger partial charge in [0, 0.05) is 29.7 Å². The molecule has 0 spiro atoms. The molecule has 0 bridgehead atoms. The number of carbonyl (C=O) groups excluding carboxylic acids is 1. The molecule has 6 heteroatoms. The lowest BCUT2D eigenvalue weighted by molar-refractivity contribution is -0.135. The molecule has 1 amide bonds. The summed E-state index contributed by atoms with van der Waals surface area (Å²) >= 11 is 1.20. The molecular weight excluding hydrogens is 262 g/mol. The predicted molar refractivity (Wildman–Crippen MR) is 76.5 cm³/mol. The van der Waals surface area contributed by atoms with Crippen molar-refractivity contribution in [1.29, 1.82) is 0 Å². The molecule has 1 aliphatic rings. The van der Waals surface area contributed by atoms with Crippen LogP contribution in [0.1, 0.15) is 29.8 Å². The van der Waals surface area contributed by atoms with Crippen molar-refractivity contribution < 1.29 is 4.79 Å². The van der Waals surface area contributed by atoms with Crippen LogP contribution in [0.3, 0.4) is 0 Å². The van der Waals surface area contributed by atoms with E-state index in [-0.39, 0.29) is 23.4 Å².